The van der Waals surface area contributed by atoms with Crippen LogP contribution in [0.4, 0.5) is 0 Å². The lowest BCUT2D eigenvalue weighted by molar-refractivity contribution is 0.451. The van der Waals surface area contributed by atoms with E-state index in [1.807, 2.05) is 6.07 Å². The minimum absolute atomic E-state index is 0.405. The molecular formula is C26H39NO. The molecule has 2 rings (SSSR count). The maximum absolute atomic E-state index is 6.67. The first-order valence-electron chi connectivity index (χ1n) is 10.7. The van der Waals surface area contributed by atoms with Gasteiger partial charge in [0.2, 0.25) is 0 Å². The van der Waals surface area contributed by atoms with Gasteiger partial charge in [-0.05, 0) is 85.8 Å². The quantitative estimate of drug-likeness (QED) is 0.537. The van der Waals surface area contributed by atoms with Crippen LogP contribution in [0.25, 0.3) is 0 Å². The molecule has 0 atom stereocenters. The molecule has 154 valence electrons. The molecule has 2 heteroatoms. The van der Waals surface area contributed by atoms with Gasteiger partial charge >= 0.3 is 0 Å². The number of ether oxygens (including phenoxy) is 1. The van der Waals surface area contributed by atoms with Crippen LogP contribution < -0.4 is 10.5 Å². The highest BCUT2D eigenvalue weighted by molar-refractivity contribution is 5.55. The van der Waals surface area contributed by atoms with Crippen molar-refractivity contribution in [3.8, 4) is 11.5 Å². The van der Waals surface area contributed by atoms with Crippen LogP contribution in [-0.2, 0) is 24.8 Å². The molecule has 2 N–H and O–H groups in total. The van der Waals surface area contributed by atoms with Crippen LogP contribution in [0.1, 0.15) is 76.3 Å². The van der Waals surface area contributed by atoms with Gasteiger partial charge in [-0.15, -0.1) is 0 Å². The number of hydrogen-bond acceptors (Lipinski definition) is 2. The van der Waals surface area contributed by atoms with Gasteiger partial charge in [0.25, 0.3) is 0 Å². The van der Waals surface area contributed by atoms with Gasteiger partial charge in [-0.25, -0.2) is 0 Å². The molecule has 0 saturated heterocycles. The Hall–Kier alpha value is -1.80. The fourth-order valence-corrected chi connectivity index (χ4v) is 3.88. The van der Waals surface area contributed by atoms with E-state index in [1.54, 1.807) is 0 Å². The molecule has 0 radical (unpaired) electrons. The molecular weight excluding hydrogens is 342 g/mol. The van der Waals surface area contributed by atoms with Crippen molar-refractivity contribution in [3.05, 3.63) is 58.1 Å². The molecule has 28 heavy (non-hydrogen) atoms. The zero-order valence-electron chi connectivity index (χ0n) is 19.1. The van der Waals surface area contributed by atoms with E-state index in [2.05, 4.69) is 79.7 Å². The number of nitrogens with two attached hydrogens (primary N) is 1. The first kappa shape index (κ1) is 22.5. The Balaban J connectivity index is 2.79. The standard InChI is InChI=1S/C26H39NO/c1-9-21-23(26(7,8)27)16-20(14-17(2)3)22(15-18(4)5)25(21)28-24-13-11-10-12-19(24)6/h10-13,16-18H,9,14-15,27H2,1-8H3. The van der Waals surface area contributed by atoms with Crippen LogP contribution in [0, 0.1) is 18.8 Å². The van der Waals surface area contributed by atoms with Gasteiger partial charge in [-0.3, -0.25) is 0 Å². The highest BCUT2D eigenvalue weighted by atomic mass is 16.5. The number of rotatable bonds is 8. The van der Waals surface area contributed by atoms with Crippen LogP contribution in [0.5, 0.6) is 11.5 Å². The summed E-state index contributed by atoms with van der Waals surface area (Å²) in [6.07, 6.45) is 2.96. The Bertz CT molecular complexity index is 797. The molecule has 0 aliphatic rings. The van der Waals surface area contributed by atoms with Gasteiger partial charge in [0.15, 0.2) is 0 Å². The number of hydrogen-bond donors (Lipinski definition) is 1. The molecule has 0 fully saturated rings. The Labute approximate surface area is 172 Å². The van der Waals surface area contributed by atoms with E-state index in [-0.39, 0.29) is 0 Å². The maximum Gasteiger partial charge on any atom is 0.134 e. The molecule has 0 heterocycles. The van der Waals surface area contributed by atoms with Crippen molar-refractivity contribution in [2.45, 2.75) is 80.2 Å². The van der Waals surface area contributed by atoms with Gasteiger partial charge in [0.05, 0.1) is 0 Å². The molecule has 0 aromatic heterocycles. The average Bonchev–Trinajstić information content (AvgIpc) is 2.57. The van der Waals surface area contributed by atoms with Crippen LogP contribution in [0.15, 0.2) is 30.3 Å². The smallest absolute Gasteiger partial charge is 0.134 e. The van der Waals surface area contributed by atoms with Crippen molar-refractivity contribution < 1.29 is 4.74 Å². The highest BCUT2D eigenvalue weighted by Crippen LogP contribution is 2.40. The topological polar surface area (TPSA) is 35.2 Å². The number of benzene rings is 2. The van der Waals surface area contributed by atoms with Crippen LogP contribution in [0.2, 0.25) is 0 Å². The van der Waals surface area contributed by atoms with Gasteiger partial charge in [0, 0.05) is 5.54 Å². The number of aryl methyl sites for hydroxylation is 1. The molecule has 2 aromatic carbocycles. The van der Waals surface area contributed by atoms with Crippen molar-refractivity contribution in [3.63, 3.8) is 0 Å². The summed E-state index contributed by atoms with van der Waals surface area (Å²) in [5.74, 6) is 3.12. The first-order chi connectivity index (χ1) is 13.0. The Morgan fingerprint density at radius 1 is 0.964 bits per heavy atom. The maximum atomic E-state index is 6.67. The molecule has 2 aromatic rings. The van der Waals surface area contributed by atoms with Crippen molar-refractivity contribution in [2.24, 2.45) is 17.6 Å². The molecule has 0 aliphatic carbocycles. The Morgan fingerprint density at radius 2 is 1.57 bits per heavy atom. The third kappa shape index (κ3) is 5.38. The van der Waals surface area contributed by atoms with E-state index in [4.69, 9.17) is 10.5 Å². The fraction of sp³-hybridized carbons (Fsp3) is 0.538. The summed E-state index contributed by atoms with van der Waals surface area (Å²) < 4.78 is 6.67. The second kappa shape index (κ2) is 9.13. The van der Waals surface area contributed by atoms with E-state index in [0.717, 1.165) is 36.3 Å². The predicted molar refractivity (Wildman–Crippen MR) is 121 cm³/mol. The predicted octanol–water partition coefficient (Wildman–Crippen LogP) is 6.94. The summed E-state index contributed by atoms with van der Waals surface area (Å²) in [5, 5.41) is 0. The molecule has 0 saturated carbocycles. The summed E-state index contributed by atoms with van der Waals surface area (Å²) >= 11 is 0. The van der Waals surface area contributed by atoms with E-state index in [9.17, 15) is 0 Å². The first-order valence-corrected chi connectivity index (χ1v) is 10.7. The molecule has 0 spiro atoms. The monoisotopic (exact) mass is 381 g/mol. The number of para-hydroxylation sites is 1. The van der Waals surface area contributed by atoms with Crippen molar-refractivity contribution in [2.75, 3.05) is 0 Å². The Kier molecular flexibility index (Phi) is 7.33. The lowest BCUT2D eigenvalue weighted by Gasteiger charge is -2.29. The SMILES string of the molecule is CCc1c(C(C)(C)N)cc(CC(C)C)c(CC(C)C)c1Oc1ccccc1C. The summed E-state index contributed by atoms with van der Waals surface area (Å²) in [6, 6.07) is 10.6. The van der Waals surface area contributed by atoms with E-state index in [0.29, 0.717) is 11.8 Å². The average molecular weight is 382 g/mol. The van der Waals surface area contributed by atoms with Crippen molar-refractivity contribution >= 4 is 0 Å². The largest absolute Gasteiger partial charge is 0.456 e. The summed E-state index contributed by atoms with van der Waals surface area (Å²) in [5.41, 5.74) is 12.6. The lowest BCUT2D eigenvalue weighted by Crippen LogP contribution is -2.31. The molecule has 0 amide bonds. The lowest BCUT2D eigenvalue weighted by atomic mass is 9.82. The van der Waals surface area contributed by atoms with E-state index in [1.165, 1.54) is 22.3 Å². The Morgan fingerprint density at radius 3 is 2.07 bits per heavy atom. The summed E-state index contributed by atoms with van der Waals surface area (Å²) in [4.78, 5) is 0. The second-order valence-electron chi connectivity index (χ2n) is 9.51. The van der Waals surface area contributed by atoms with Crippen LogP contribution in [-0.4, -0.2) is 0 Å². The van der Waals surface area contributed by atoms with Gasteiger partial charge in [0.1, 0.15) is 11.5 Å². The third-order valence-electron chi connectivity index (χ3n) is 5.17. The normalized spacial score (nSPS) is 12.1. The van der Waals surface area contributed by atoms with E-state index >= 15 is 0 Å². The highest BCUT2D eigenvalue weighted by Gasteiger charge is 2.26. The van der Waals surface area contributed by atoms with E-state index < -0.39 is 5.54 Å². The van der Waals surface area contributed by atoms with Crippen molar-refractivity contribution in [1.29, 1.82) is 0 Å². The minimum atomic E-state index is -0.405. The van der Waals surface area contributed by atoms with Crippen molar-refractivity contribution in [1.82, 2.24) is 0 Å². The zero-order valence-corrected chi connectivity index (χ0v) is 19.1. The summed E-state index contributed by atoms with van der Waals surface area (Å²) in [6.45, 7) is 17.6. The molecule has 0 aliphatic heterocycles. The third-order valence-corrected chi connectivity index (χ3v) is 5.17. The van der Waals surface area contributed by atoms with Crippen LogP contribution >= 0.6 is 0 Å². The molecule has 0 unspecified atom stereocenters. The second-order valence-corrected chi connectivity index (χ2v) is 9.51. The van der Waals surface area contributed by atoms with Gasteiger partial charge in [-0.1, -0.05) is 58.9 Å². The molecule has 2 nitrogen and oxygen atoms in total. The molecule has 0 bridgehead atoms. The zero-order chi connectivity index (χ0) is 21.1. The van der Waals surface area contributed by atoms with Gasteiger partial charge < -0.3 is 10.5 Å². The summed E-state index contributed by atoms with van der Waals surface area (Å²) in [7, 11) is 0. The van der Waals surface area contributed by atoms with Gasteiger partial charge in [-0.2, -0.15) is 0 Å². The fourth-order valence-electron chi connectivity index (χ4n) is 3.88. The van der Waals surface area contributed by atoms with Crippen LogP contribution in [0.3, 0.4) is 0 Å². The minimum Gasteiger partial charge on any atom is -0.456 e.